The average molecular weight is 397 g/mol. The number of likely N-dealkylation sites (tertiary alicyclic amines) is 1. The summed E-state index contributed by atoms with van der Waals surface area (Å²) in [5.41, 5.74) is -0.471. The van der Waals surface area contributed by atoms with Crippen molar-refractivity contribution in [3.8, 4) is 0 Å². The first-order valence-electron chi connectivity index (χ1n) is 9.34. The Hall–Kier alpha value is -1.54. The molecule has 3 heterocycles. The standard InChI is InChI=1S/C19H28N2O5S/c1-5-8-21(18(2,3)4)16(24)14-19-7-6-11(27-19)12(17(25)26)13(19)15(23)20(14)9-10-22/h5,11-14,22H,1,6-10H2,2-4H3,(H,25,26)/t11-,12+,13+,14?,19?/m1/s1. The molecule has 0 aromatic heterocycles. The molecule has 0 aromatic carbocycles. The number of carboxylic acids is 1. The van der Waals surface area contributed by atoms with Crippen LogP contribution in [0.1, 0.15) is 33.6 Å². The van der Waals surface area contributed by atoms with Crippen LogP contribution in [0.3, 0.4) is 0 Å². The third-order valence-corrected chi connectivity index (χ3v) is 8.00. The Bertz CT molecular complexity index is 676. The number of aliphatic hydroxyl groups excluding tert-OH is 1. The van der Waals surface area contributed by atoms with Gasteiger partial charge in [-0.1, -0.05) is 6.08 Å². The van der Waals surface area contributed by atoms with Crippen LogP contribution in [0, 0.1) is 11.8 Å². The van der Waals surface area contributed by atoms with Crippen molar-refractivity contribution in [2.45, 2.75) is 55.2 Å². The smallest absolute Gasteiger partial charge is 0.308 e. The minimum atomic E-state index is -0.969. The molecule has 27 heavy (non-hydrogen) atoms. The zero-order valence-electron chi connectivity index (χ0n) is 16.1. The third kappa shape index (κ3) is 2.88. The highest BCUT2D eigenvalue weighted by molar-refractivity contribution is 8.02. The fourth-order valence-corrected chi connectivity index (χ4v) is 7.24. The van der Waals surface area contributed by atoms with E-state index in [0.29, 0.717) is 19.4 Å². The lowest BCUT2D eigenvalue weighted by Crippen LogP contribution is -2.59. The Morgan fingerprint density at radius 1 is 1.44 bits per heavy atom. The molecule has 3 rings (SSSR count). The van der Waals surface area contributed by atoms with E-state index in [9.17, 15) is 24.6 Å². The molecule has 0 saturated carbocycles. The van der Waals surface area contributed by atoms with Gasteiger partial charge in [-0.25, -0.2) is 0 Å². The minimum absolute atomic E-state index is 0.0388. The number of thioether (sulfide) groups is 1. The number of carbonyl (C=O) groups excluding carboxylic acids is 2. The molecule has 2 unspecified atom stereocenters. The van der Waals surface area contributed by atoms with E-state index >= 15 is 0 Å². The van der Waals surface area contributed by atoms with Crippen molar-refractivity contribution in [3.05, 3.63) is 12.7 Å². The molecule has 8 heteroatoms. The summed E-state index contributed by atoms with van der Waals surface area (Å²) in [5.74, 6) is -2.94. The van der Waals surface area contributed by atoms with Crippen molar-refractivity contribution in [1.29, 1.82) is 0 Å². The monoisotopic (exact) mass is 396 g/mol. The molecule has 7 nitrogen and oxygen atoms in total. The summed E-state index contributed by atoms with van der Waals surface area (Å²) in [4.78, 5) is 41.8. The van der Waals surface area contributed by atoms with Gasteiger partial charge in [0.2, 0.25) is 11.8 Å². The molecule has 2 amide bonds. The van der Waals surface area contributed by atoms with Gasteiger partial charge in [0.1, 0.15) is 6.04 Å². The lowest BCUT2D eigenvalue weighted by atomic mass is 9.71. The molecule has 3 aliphatic rings. The maximum Gasteiger partial charge on any atom is 0.308 e. The molecule has 3 saturated heterocycles. The van der Waals surface area contributed by atoms with Gasteiger partial charge in [0.15, 0.2) is 0 Å². The number of β-amino-alcohol motifs (C(OH)–C–C–N with tert-alkyl or cyclic N) is 1. The normalized spacial score (nSPS) is 34.7. The van der Waals surface area contributed by atoms with Crippen molar-refractivity contribution in [2.75, 3.05) is 19.7 Å². The van der Waals surface area contributed by atoms with E-state index in [1.54, 1.807) is 11.0 Å². The van der Waals surface area contributed by atoms with Gasteiger partial charge in [-0.05, 0) is 33.6 Å². The molecule has 3 aliphatic heterocycles. The van der Waals surface area contributed by atoms with Crippen LogP contribution in [0.15, 0.2) is 12.7 Å². The highest BCUT2D eigenvalue weighted by atomic mass is 32.2. The number of nitrogens with zero attached hydrogens (tertiary/aromatic N) is 2. The first-order chi connectivity index (χ1) is 12.6. The summed E-state index contributed by atoms with van der Waals surface area (Å²) in [6.45, 7) is 9.64. The van der Waals surface area contributed by atoms with Gasteiger partial charge in [0.25, 0.3) is 0 Å². The Balaban J connectivity index is 2.06. The fraction of sp³-hybridized carbons (Fsp3) is 0.737. The Morgan fingerprint density at radius 2 is 2.11 bits per heavy atom. The number of hydrogen-bond donors (Lipinski definition) is 2. The third-order valence-electron chi connectivity index (χ3n) is 6.05. The summed E-state index contributed by atoms with van der Waals surface area (Å²) in [6.07, 6.45) is 3.00. The summed E-state index contributed by atoms with van der Waals surface area (Å²) in [7, 11) is 0. The van der Waals surface area contributed by atoms with Crippen molar-refractivity contribution < 1.29 is 24.6 Å². The van der Waals surface area contributed by atoms with E-state index in [4.69, 9.17) is 0 Å². The van der Waals surface area contributed by atoms with E-state index in [2.05, 4.69) is 6.58 Å². The first-order valence-corrected chi connectivity index (χ1v) is 10.2. The van der Waals surface area contributed by atoms with Gasteiger partial charge in [-0.2, -0.15) is 0 Å². The number of hydrogen-bond acceptors (Lipinski definition) is 5. The topological polar surface area (TPSA) is 98.2 Å². The number of aliphatic carboxylic acids is 1. The van der Waals surface area contributed by atoms with Gasteiger partial charge >= 0.3 is 5.97 Å². The van der Waals surface area contributed by atoms with E-state index in [0.717, 1.165) is 0 Å². The number of carboxylic acid groups (broad SMARTS) is 1. The van der Waals surface area contributed by atoms with Gasteiger partial charge in [0, 0.05) is 23.9 Å². The Labute approximate surface area is 163 Å². The molecule has 0 aromatic rings. The van der Waals surface area contributed by atoms with Crippen LogP contribution in [0.25, 0.3) is 0 Å². The maximum atomic E-state index is 13.7. The molecule has 5 atom stereocenters. The summed E-state index contributed by atoms with van der Waals surface area (Å²) in [6, 6.07) is -0.749. The fourth-order valence-electron chi connectivity index (χ4n) is 5.03. The largest absolute Gasteiger partial charge is 0.481 e. The van der Waals surface area contributed by atoms with Crippen molar-refractivity contribution in [2.24, 2.45) is 11.8 Å². The Kier molecular flexibility index (Phi) is 5.10. The molecule has 1 spiro atoms. The Morgan fingerprint density at radius 3 is 2.63 bits per heavy atom. The predicted octanol–water partition coefficient (Wildman–Crippen LogP) is 0.968. The van der Waals surface area contributed by atoms with Crippen molar-refractivity contribution in [3.63, 3.8) is 0 Å². The molecule has 2 bridgehead atoms. The number of amides is 2. The lowest BCUT2D eigenvalue weighted by molar-refractivity contribution is -0.149. The second kappa shape index (κ2) is 6.81. The second-order valence-corrected chi connectivity index (χ2v) is 10.2. The van der Waals surface area contributed by atoms with Crippen LogP contribution in [-0.4, -0.2) is 79.1 Å². The van der Waals surface area contributed by atoms with Gasteiger partial charge in [0.05, 0.1) is 23.2 Å². The van der Waals surface area contributed by atoms with Crippen LogP contribution < -0.4 is 0 Å². The highest BCUT2D eigenvalue weighted by Gasteiger charge is 2.74. The molecular formula is C19H28N2O5S. The average Bonchev–Trinajstić information content (AvgIpc) is 3.19. The zero-order chi connectivity index (χ0) is 20.1. The summed E-state index contributed by atoms with van der Waals surface area (Å²) in [5, 5.41) is 19.1. The summed E-state index contributed by atoms with van der Waals surface area (Å²) >= 11 is 1.50. The van der Waals surface area contributed by atoms with Gasteiger partial charge < -0.3 is 20.0 Å². The number of rotatable bonds is 6. The van der Waals surface area contributed by atoms with Gasteiger partial charge in [-0.3, -0.25) is 14.4 Å². The van der Waals surface area contributed by atoms with E-state index in [1.807, 2.05) is 20.8 Å². The molecule has 150 valence electrons. The number of carbonyl (C=O) groups is 3. The SMILES string of the molecule is C=CCN(C(=O)C1N(CCO)C(=O)[C@@H]2[C@@H](C(=O)O)[C@H]3CCC12S3)C(C)(C)C. The molecule has 0 radical (unpaired) electrons. The van der Waals surface area contributed by atoms with E-state index in [-0.39, 0.29) is 30.2 Å². The minimum Gasteiger partial charge on any atom is -0.481 e. The zero-order valence-corrected chi connectivity index (χ0v) is 16.9. The van der Waals surface area contributed by atoms with Crippen molar-refractivity contribution in [1.82, 2.24) is 9.80 Å². The maximum absolute atomic E-state index is 13.7. The number of fused-ring (bicyclic) bond motifs is 1. The molecule has 0 aliphatic carbocycles. The first kappa shape index (κ1) is 20.2. The van der Waals surface area contributed by atoms with Crippen LogP contribution in [0.5, 0.6) is 0 Å². The summed E-state index contributed by atoms with van der Waals surface area (Å²) < 4.78 is -0.721. The van der Waals surface area contributed by atoms with Gasteiger partial charge in [-0.15, -0.1) is 18.3 Å². The second-order valence-electron chi connectivity index (χ2n) is 8.56. The molecular weight excluding hydrogens is 368 g/mol. The predicted molar refractivity (Wildman–Crippen MR) is 102 cm³/mol. The molecule has 2 N–H and O–H groups in total. The number of aliphatic hydroxyl groups is 1. The van der Waals surface area contributed by atoms with Crippen LogP contribution in [0.2, 0.25) is 0 Å². The van der Waals surface area contributed by atoms with Crippen LogP contribution in [-0.2, 0) is 14.4 Å². The molecule has 3 fully saturated rings. The van der Waals surface area contributed by atoms with E-state index < -0.39 is 34.1 Å². The van der Waals surface area contributed by atoms with E-state index in [1.165, 1.54) is 16.7 Å². The van der Waals surface area contributed by atoms with Crippen LogP contribution in [0.4, 0.5) is 0 Å². The highest BCUT2D eigenvalue weighted by Crippen LogP contribution is 2.66. The lowest BCUT2D eigenvalue weighted by Gasteiger charge is -2.42. The van der Waals surface area contributed by atoms with Crippen molar-refractivity contribution >= 4 is 29.5 Å². The van der Waals surface area contributed by atoms with Crippen LogP contribution >= 0.6 is 11.8 Å². The quantitative estimate of drug-likeness (QED) is 0.649.